The molecule has 1 aliphatic rings. The second-order valence-corrected chi connectivity index (χ2v) is 7.03. The topological polar surface area (TPSA) is 47.0 Å². The number of hydrogen-bond donors (Lipinski definition) is 0. The van der Waals surface area contributed by atoms with Gasteiger partial charge in [0.15, 0.2) is 11.6 Å². The van der Waals surface area contributed by atoms with Gasteiger partial charge in [0.2, 0.25) is 0 Å². The molecule has 1 aliphatic carbocycles. The predicted molar refractivity (Wildman–Crippen MR) is 95.9 cm³/mol. The zero-order valence-corrected chi connectivity index (χ0v) is 14.2. The Morgan fingerprint density at radius 2 is 1.79 bits per heavy atom. The monoisotopic (exact) mass is 333 g/mol. The summed E-state index contributed by atoms with van der Waals surface area (Å²) in [5, 5.41) is 0. The van der Waals surface area contributed by atoms with E-state index in [-0.39, 0.29) is 11.6 Å². The molecule has 1 aromatic heterocycles. The van der Waals surface area contributed by atoms with Gasteiger partial charge in [-0.25, -0.2) is 4.98 Å². The first-order chi connectivity index (χ1) is 11.5. The van der Waals surface area contributed by atoms with Gasteiger partial charge in [-0.3, -0.25) is 9.59 Å². The maximum absolute atomic E-state index is 12.9. The third-order valence-corrected chi connectivity index (χ3v) is 5.32. The number of allylic oxidation sites excluding steroid dienone is 2. The van der Waals surface area contributed by atoms with Crippen LogP contribution >= 0.6 is 11.3 Å². The first-order valence-electron chi connectivity index (χ1n) is 7.76. The zero-order chi connectivity index (χ0) is 16.8. The summed E-state index contributed by atoms with van der Waals surface area (Å²) in [6.07, 6.45) is 0.456. The van der Waals surface area contributed by atoms with Crippen molar-refractivity contribution in [3.63, 3.8) is 0 Å². The molecule has 0 unspecified atom stereocenters. The highest BCUT2D eigenvalue weighted by Crippen LogP contribution is 2.30. The first-order valence-corrected chi connectivity index (χ1v) is 8.64. The SMILES string of the molecule is CC1=C(Cc2ccc3scnc3c2)C(=O)c2cc(C)ccc2C1=O. The highest BCUT2D eigenvalue weighted by atomic mass is 32.1. The van der Waals surface area contributed by atoms with Crippen molar-refractivity contribution in [3.05, 3.63) is 75.3 Å². The summed E-state index contributed by atoms with van der Waals surface area (Å²) in [6.45, 7) is 3.68. The molecule has 0 aliphatic heterocycles. The molecule has 0 spiro atoms. The van der Waals surface area contributed by atoms with Crippen LogP contribution in [-0.2, 0) is 6.42 Å². The van der Waals surface area contributed by atoms with E-state index in [1.807, 2.05) is 42.8 Å². The lowest BCUT2D eigenvalue weighted by Gasteiger charge is -2.19. The van der Waals surface area contributed by atoms with Crippen LogP contribution in [0.15, 0.2) is 53.1 Å². The summed E-state index contributed by atoms with van der Waals surface area (Å²) in [6, 6.07) is 11.5. The smallest absolute Gasteiger partial charge is 0.190 e. The average molecular weight is 333 g/mol. The van der Waals surface area contributed by atoms with Crippen molar-refractivity contribution in [2.45, 2.75) is 20.3 Å². The van der Waals surface area contributed by atoms with Crippen LogP contribution in [0.2, 0.25) is 0 Å². The molecule has 2 aromatic carbocycles. The number of Topliss-reactive ketones (excluding diaryl/α,β-unsaturated/α-hetero) is 2. The molecule has 0 atom stereocenters. The van der Waals surface area contributed by atoms with Crippen LogP contribution in [0, 0.1) is 6.92 Å². The zero-order valence-electron chi connectivity index (χ0n) is 13.4. The van der Waals surface area contributed by atoms with Crippen molar-refractivity contribution < 1.29 is 9.59 Å². The number of thiazole rings is 1. The van der Waals surface area contributed by atoms with Crippen LogP contribution in [0.4, 0.5) is 0 Å². The van der Waals surface area contributed by atoms with Crippen molar-refractivity contribution in [2.24, 2.45) is 0 Å². The van der Waals surface area contributed by atoms with Gasteiger partial charge in [-0.2, -0.15) is 0 Å². The first kappa shape index (κ1) is 15.0. The summed E-state index contributed by atoms with van der Waals surface area (Å²) in [4.78, 5) is 29.9. The third kappa shape index (κ3) is 2.31. The average Bonchev–Trinajstić information content (AvgIpc) is 3.04. The molecule has 0 bridgehead atoms. The van der Waals surface area contributed by atoms with E-state index in [4.69, 9.17) is 0 Å². The summed E-state index contributed by atoms with van der Waals surface area (Å²) < 4.78 is 1.12. The number of aromatic nitrogens is 1. The van der Waals surface area contributed by atoms with Crippen LogP contribution in [0.25, 0.3) is 10.2 Å². The van der Waals surface area contributed by atoms with E-state index in [1.165, 1.54) is 0 Å². The van der Waals surface area contributed by atoms with E-state index in [1.54, 1.807) is 24.3 Å². The second-order valence-electron chi connectivity index (χ2n) is 6.14. The maximum atomic E-state index is 12.9. The molecule has 4 heteroatoms. The summed E-state index contributed by atoms with van der Waals surface area (Å²) in [7, 11) is 0. The van der Waals surface area contributed by atoms with Gasteiger partial charge in [-0.15, -0.1) is 11.3 Å². The molecule has 0 saturated heterocycles. The summed E-state index contributed by atoms with van der Waals surface area (Å²) >= 11 is 1.59. The summed E-state index contributed by atoms with van der Waals surface area (Å²) in [5.41, 5.74) is 6.91. The van der Waals surface area contributed by atoms with Crippen molar-refractivity contribution in [2.75, 3.05) is 0 Å². The quantitative estimate of drug-likeness (QED) is 0.691. The molecule has 24 heavy (non-hydrogen) atoms. The normalized spacial score (nSPS) is 14.4. The number of carbonyl (C=O) groups is 2. The molecule has 0 saturated carbocycles. The van der Waals surface area contributed by atoms with Crippen molar-refractivity contribution in [3.8, 4) is 0 Å². The van der Waals surface area contributed by atoms with E-state index in [2.05, 4.69) is 4.98 Å². The maximum Gasteiger partial charge on any atom is 0.190 e. The number of hydrogen-bond acceptors (Lipinski definition) is 4. The molecule has 0 fully saturated rings. The molecule has 1 heterocycles. The number of aryl methyl sites for hydroxylation is 1. The number of carbonyl (C=O) groups excluding carboxylic acids is 2. The highest BCUT2D eigenvalue weighted by molar-refractivity contribution is 7.16. The lowest BCUT2D eigenvalue weighted by Crippen LogP contribution is -2.22. The molecular formula is C20H15NO2S. The Morgan fingerprint density at radius 3 is 2.62 bits per heavy atom. The van der Waals surface area contributed by atoms with Gasteiger partial charge in [-0.05, 0) is 37.6 Å². The van der Waals surface area contributed by atoms with Gasteiger partial charge in [0, 0.05) is 28.7 Å². The van der Waals surface area contributed by atoms with E-state index in [9.17, 15) is 9.59 Å². The molecule has 4 rings (SSSR count). The van der Waals surface area contributed by atoms with E-state index in [0.29, 0.717) is 28.7 Å². The highest BCUT2D eigenvalue weighted by Gasteiger charge is 2.29. The van der Waals surface area contributed by atoms with Crippen molar-refractivity contribution in [1.82, 2.24) is 4.98 Å². The third-order valence-electron chi connectivity index (χ3n) is 4.51. The van der Waals surface area contributed by atoms with Gasteiger partial charge >= 0.3 is 0 Å². The Hall–Kier alpha value is -2.59. The van der Waals surface area contributed by atoms with Crippen LogP contribution < -0.4 is 0 Å². The molecule has 0 radical (unpaired) electrons. The molecule has 0 amide bonds. The number of benzene rings is 2. The fourth-order valence-electron chi connectivity index (χ4n) is 3.15. The molecule has 118 valence electrons. The molecule has 0 N–H and O–H groups in total. The Morgan fingerprint density at radius 1 is 0.958 bits per heavy atom. The minimum Gasteiger partial charge on any atom is -0.289 e. The van der Waals surface area contributed by atoms with Gasteiger partial charge in [-0.1, -0.05) is 23.8 Å². The Kier molecular flexibility index (Phi) is 3.43. The van der Waals surface area contributed by atoms with Crippen molar-refractivity contribution in [1.29, 1.82) is 0 Å². The van der Waals surface area contributed by atoms with Crippen molar-refractivity contribution >= 4 is 33.1 Å². The second kappa shape index (κ2) is 5.49. The number of rotatable bonds is 2. The molecule has 3 aromatic rings. The van der Waals surface area contributed by atoms with E-state index >= 15 is 0 Å². The van der Waals surface area contributed by atoms with Gasteiger partial charge in [0.25, 0.3) is 0 Å². The molecular weight excluding hydrogens is 318 g/mol. The lowest BCUT2D eigenvalue weighted by atomic mass is 9.81. The minimum absolute atomic E-state index is 0.0378. The fourth-order valence-corrected chi connectivity index (χ4v) is 3.81. The summed E-state index contributed by atoms with van der Waals surface area (Å²) in [5.74, 6) is -0.0847. The van der Waals surface area contributed by atoms with Crippen LogP contribution in [0.5, 0.6) is 0 Å². The van der Waals surface area contributed by atoms with Crippen LogP contribution in [0.1, 0.15) is 38.8 Å². The van der Waals surface area contributed by atoms with Gasteiger partial charge in [0.05, 0.1) is 15.7 Å². The predicted octanol–water partition coefficient (Wildman–Crippen LogP) is 4.54. The standard InChI is InChI=1S/C20H15NO2S/c1-11-3-5-14-16(7-11)20(23)15(12(2)19(14)22)8-13-4-6-18-17(9-13)21-10-24-18/h3-7,9-10H,8H2,1-2H3. The van der Waals surface area contributed by atoms with Gasteiger partial charge < -0.3 is 0 Å². The van der Waals surface area contributed by atoms with E-state index < -0.39 is 0 Å². The fraction of sp³-hybridized carbons (Fsp3) is 0.150. The Bertz CT molecular complexity index is 1040. The van der Waals surface area contributed by atoms with Crippen LogP contribution in [-0.4, -0.2) is 16.6 Å². The minimum atomic E-state index is -0.0469. The Balaban J connectivity index is 1.77. The number of fused-ring (bicyclic) bond motifs is 2. The van der Waals surface area contributed by atoms with E-state index in [0.717, 1.165) is 21.3 Å². The largest absolute Gasteiger partial charge is 0.289 e. The van der Waals surface area contributed by atoms with Crippen LogP contribution in [0.3, 0.4) is 0 Å². The lowest BCUT2D eigenvalue weighted by molar-refractivity contribution is 0.0973. The number of nitrogens with zero attached hydrogens (tertiary/aromatic N) is 1. The van der Waals surface area contributed by atoms with Gasteiger partial charge in [0.1, 0.15) is 0 Å². The Labute approximate surface area is 143 Å². The molecule has 3 nitrogen and oxygen atoms in total. The number of ketones is 2.